The monoisotopic (exact) mass is 220 g/mol. The standard InChI is InChI=1S/C10H12N4O2/c1-16-10-7-8(11-5-12-10)14-4-2-3-6(14)9(15)13-7/h5-6H,2-4H2,1H3,(H,13,15). The van der Waals surface area contributed by atoms with Gasteiger partial charge < -0.3 is 15.0 Å². The van der Waals surface area contributed by atoms with Crippen molar-refractivity contribution in [3.8, 4) is 5.88 Å². The topological polar surface area (TPSA) is 67.4 Å². The summed E-state index contributed by atoms with van der Waals surface area (Å²) in [5.41, 5.74) is 0.591. The lowest BCUT2D eigenvalue weighted by molar-refractivity contribution is -0.117. The summed E-state index contributed by atoms with van der Waals surface area (Å²) in [5, 5.41) is 2.82. The van der Waals surface area contributed by atoms with Crippen molar-refractivity contribution in [1.82, 2.24) is 9.97 Å². The number of anilines is 2. The fourth-order valence-corrected chi connectivity index (χ4v) is 2.34. The van der Waals surface area contributed by atoms with E-state index in [1.54, 1.807) is 0 Å². The number of carbonyl (C=O) groups excluding carboxylic acids is 1. The third-order valence-electron chi connectivity index (χ3n) is 3.06. The van der Waals surface area contributed by atoms with Crippen molar-refractivity contribution in [1.29, 1.82) is 0 Å². The molecule has 3 heterocycles. The zero-order chi connectivity index (χ0) is 11.1. The van der Waals surface area contributed by atoms with Gasteiger partial charge in [-0.1, -0.05) is 0 Å². The van der Waals surface area contributed by atoms with Crippen molar-refractivity contribution in [3.63, 3.8) is 0 Å². The van der Waals surface area contributed by atoms with Gasteiger partial charge in [-0.3, -0.25) is 4.79 Å². The summed E-state index contributed by atoms with van der Waals surface area (Å²) in [6.07, 6.45) is 3.37. The highest BCUT2D eigenvalue weighted by Crippen LogP contribution is 2.38. The van der Waals surface area contributed by atoms with E-state index in [0.29, 0.717) is 11.6 Å². The number of hydrogen-bond donors (Lipinski definition) is 1. The Morgan fingerprint density at radius 1 is 1.56 bits per heavy atom. The van der Waals surface area contributed by atoms with Crippen LogP contribution in [0, 0.1) is 0 Å². The number of nitrogens with zero attached hydrogens (tertiary/aromatic N) is 3. The smallest absolute Gasteiger partial charge is 0.247 e. The van der Waals surface area contributed by atoms with E-state index in [1.165, 1.54) is 13.4 Å². The largest absolute Gasteiger partial charge is 0.479 e. The average molecular weight is 220 g/mol. The first-order chi connectivity index (χ1) is 7.81. The lowest BCUT2D eigenvalue weighted by atomic mass is 10.1. The number of rotatable bonds is 1. The Bertz CT molecular complexity index is 448. The molecule has 16 heavy (non-hydrogen) atoms. The van der Waals surface area contributed by atoms with Crippen molar-refractivity contribution in [2.75, 3.05) is 23.9 Å². The number of carbonyl (C=O) groups is 1. The van der Waals surface area contributed by atoms with E-state index in [4.69, 9.17) is 4.74 Å². The van der Waals surface area contributed by atoms with E-state index in [2.05, 4.69) is 15.3 Å². The van der Waals surface area contributed by atoms with Crippen LogP contribution in [0.3, 0.4) is 0 Å². The Morgan fingerprint density at radius 2 is 2.44 bits per heavy atom. The van der Waals surface area contributed by atoms with Gasteiger partial charge in [0.15, 0.2) is 5.82 Å². The van der Waals surface area contributed by atoms with Gasteiger partial charge in [-0.25, -0.2) is 4.98 Å². The molecule has 6 heteroatoms. The molecule has 0 bridgehead atoms. The predicted molar refractivity (Wildman–Crippen MR) is 57.6 cm³/mol. The summed E-state index contributed by atoms with van der Waals surface area (Å²) in [6.45, 7) is 0.866. The highest BCUT2D eigenvalue weighted by molar-refractivity contribution is 6.04. The minimum absolute atomic E-state index is 0.0121. The number of amides is 1. The summed E-state index contributed by atoms with van der Waals surface area (Å²) < 4.78 is 5.12. The second kappa shape index (κ2) is 3.33. The number of aromatic nitrogens is 2. The van der Waals surface area contributed by atoms with Crippen LogP contribution in [0.15, 0.2) is 6.33 Å². The Balaban J connectivity index is 2.13. The molecule has 1 aromatic rings. The third kappa shape index (κ3) is 1.16. The Hall–Kier alpha value is -1.85. The molecular weight excluding hydrogens is 208 g/mol. The van der Waals surface area contributed by atoms with E-state index in [1.807, 2.05) is 4.90 Å². The summed E-state index contributed by atoms with van der Waals surface area (Å²) in [4.78, 5) is 22.1. The molecule has 0 aromatic carbocycles. The van der Waals surface area contributed by atoms with E-state index < -0.39 is 0 Å². The fraction of sp³-hybridized carbons (Fsp3) is 0.500. The van der Waals surface area contributed by atoms with Crippen molar-refractivity contribution in [2.24, 2.45) is 0 Å². The molecule has 1 saturated heterocycles. The Labute approximate surface area is 92.6 Å². The number of ether oxygens (including phenoxy) is 1. The van der Waals surface area contributed by atoms with Gasteiger partial charge in [0.25, 0.3) is 0 Å². The molecule has 0 aliphatic carbocycles. The molecule has 84 valence electrons. The van der Waals surface area contributed by atoms with Gasteiger partial charge in [-0.15, -0.1) is 0 Å². The molecule has 1 amide bonds. The number of methoxy groups -OCH3 is 1. The molecule has 3 rings (SSSR count). The number of nitrogens with one attached hydrogen (secondary N) is 1. The first-order valence-corrected chi connectivity index (χ1v) is 5.28. The van der Waals surface area contributed by atoms with E-state index in [-0.39, 0.29) is 11.9 Å². The van der Waals surface area contributed by atoms with Crippen LogP contribution >= 0.6 is 0 Å². The highest BCUT2D eigenvalue weighted by Gasteiger charge is 2.38. The summed E-state index contributed by atoms with van der Waals surface area (Å²) in [7, 11) is 1.53. The van der Waals surface area contributed by atoms with Crippen LogP contribution in [0.2, 0.25) is 0 Å². The molecule has 0 spiro atoms. The van der Waals surface area contributed by atoms with Crippen LogP contribution in [0.25, 0.3) is 0 Å². The molecule has 0 radical (unpaired) electrons. The van der Waals surface area contributed by atoms with Crippen LogP contribution in [-0.4, -0.2) is 35.6 Å². The maximum absolute atomic E-state index is 11.8. The summed E-state index contributed by atoms with van der Waals surface area (Å²) >= 11 is 0. The highest BCUT2D eigenvalue weighted by atomic mass is 16.5. The molecule has 0 saturated carbocycles. The minimum Gasteiger partial charge on any atom is -0.479 e. The zero-order valence-corrected chi connectivity index (χ0v) is 8.93. The molecule has 1 aromatic heterocycles. The maximum atomic E-state index is 11.8. The molecule has 2 aliphatic heterocycles. The Morgan fingerprint density at radius 3 is 3.25 bits per heavy atom. The van der Waals surface area contributed by atoms with Crippen molar-refractivity contribution in [2.45, 2.75) is 18.9 Å². The van der Waals surface area contributed by atoms with Crippen LogP contribution in [0.4, 0.5) is 11.5 Å². The van der Waals surface area contributed by atoms with Crippen molar-refractivity contribution in [3.05, 3.63) is 6.33 Å². The summed E-state index contributed by atoms with van der Waals surface area (Å²) in [5.74, 6) is 1.20. The molecular formula is C10H12N4O2. The number of fused-ring (bicyclic) bond motifs is 3. The molecule has 1 N–H and O–H groups in total. The first-order valence-electron chi connectivity index (χ1n) is 5.28. The van der Waals surface area contributed by atoms with Gasteiger partial charge in [0.05, 0.1) is 7.11 Å². The van der Waals surface area contributed by atoms with Crippen LogP contribution in [0.5, 0.6) is 5.88 Å². The van der Waals surface area contributed by atoms with Gasteiger partial charge >= 0.3 is 0 Å². The zero-order valence-electron chi connectivity index (χ0n) is 8.93. The maximum Gasteiger partial charge on any atom is 0.247 e. The first kappa shape index (κ1) is 9.38. The van der Waals surface area contributed by atoms with Crippen LogP contribution in [-0.2, 0) is 4.79 Å². The van der Waals surface area contributed by atoms with Gasteiger partial charge in [-0.2, -0.15) is 4.98 Å². The Kier molecular flexibility index (Phi) is 1.95. The van der Waals surface area contributed by atoms with Gasteiger partial charge in [0.1, 0.15) is 18.1 Å². The lowest BCUT2D eigenvalue weighted by Crippen LogP contribution is -2.44. The third-order valence-corrected chi connectivity index (χ3v) is 3.06. The van der Waals surface area contributed by atoms with Crippen LogP contribution in [0.1, 0.15) is 12.8 Å². The van der Waals surface area contributed by atoms with Gasteiger partial charge in [0.2, 0.25) is 11.8 Å². The molecule has 6 nitrogen and oxygen atoms in total. The summed E-state index contributed by atoms with van der Waals surface area (Å²) in [6, 6.07) is -0.0768. The van der Waals surface area contributed by atoms with Crippen molar-refractivity contribution < 1.29 is 9.53 Å². The van der Waals surface area contributed by atoms with Crippen LogP contribution < -0.4 is 15.0 Å². The molecule has 2 aliphatic rings. The normalized spacial score (nSPS) is 22.4. The second-order valence-electron chi connectivity index (χ2n) is 3.92. The molecule has 1 unspecified atom stereocenters. The van der Waals surface area contributed by atoms with Crippen molar-refractivity contribution >= 4 is 17.4 Å². The van der Waals surface area contributed by atoms with E-state index in [9.17, 15) is 4.79 Å². The quantitative estimate of drug-likeness (QED) is 0.742. The lowest BCUT2D eigenvalue weighted by Gasteiger charge is -2.31. The fourth-order valence-electron chi connectivity index (χ4n) is 2.34. The van der Waals surface area contributed by atoms with Gasteiger partial charge in [-0.05, 0) is 12.8 Å². The minimum atomic E-state index is -0.0768. The van der Waals surface area contributed by atoms with E-state index >= 15 is 0 Å². The molecule has 1 fully saturated rings. The predicted octanol–water partition coefficient (Wildman–Crippen LogP) is 0.406. The van der Waals surface area contributed by atoms with Gasteiger partial charge in [0, 0.05) is 6.54 Å². The number of hydrogen-bond acceptors (Lipinski definition) is 5. The van der Waals surface area contributed by atoms with E-state index in [0.717, 1.165) is 25.2 Å². The average Bonchev–Trinajstić information content (AvgIpc) is 2.78. The SMILES string of the molecule is COc1ncnc2c1NC(=O)C1CCCN21. The second-order valence-corrected chi connectivity index (χ2v) is 3.92. The molecule has 1 atom stereocenters.